The molecule has 138 valence electrons. The summed E-state index contributed by atoms with van der Waals surface area (Å²) in [5, 5.41) is 3.87. The van der Waals surface area contributed by atoms with Crippen molar-refractivity contribution < 1.29 is 13.9 Å². The van der Waals surface area contributed by atoms with Gasteiger partial charge in [0.05, 0.1) is 18.2 Å². The molecule has 0 radical (unpaired) electrons. The van der Waals surface area contributed by atoms with E-state index in [0.29, 0.717) is 22.7 Å². The Morgan fingerprint density at radius 2 is 2.08 bits per heavy atom. The zero-order chi connectivity index (χ0) is 17.7. The molecule has 3 atom stereocenters. The van der Waals surface area contributed by atoms with Crippen LogP contribution in [0.1, 0.15) is 32.1 Å². The Balaban J connectivity index is 1.19. The molecule has 7 heteroatoms. The van der Waals surface area contributed by atoms with Crippen LogP contribution in [-0.2, 0) is 9.53 Å². The lowest BCUT2D eigenvalue weighted by Crippen LogP contribution is -2.47. The molecule has 3 fully saturated rings. The molecule has 1 amide bonds. The number of hydrogen-bond acceptors (Lipinski definition) is 5. The minimum absolute atomic E-state index is 0.0594. The Morgan fingerprint density at radius 1 is 1.23 bits per heavy atom. The van der Waals surface area contributed by atoms with Crippen LogP contribution in [0.3, 0.4) is 0 Å². The van der Waals surface area contributed by atoms with E-state index in [1.165, 1.54) is 0 Å². The molecule has 0 spiro atoms. The summed E-state index contributed by atoms with van der Waals surface area (Å²) in [5.74, 6) is 0.236. The molecule has 3 aliphatic rings. The molecule has 1 aromatic carbocycles. The van der Waals surface area contributed by atoms with Gasteiger partial charge in [0.25, 0.3) is 6.01 Å². The number of carbonyl (C=O) groups is 1. The molecule has 1 N–H and O–H groups in total. The number of ether oxygens (including phenoxy) is 1. The number of carbonyl (C=O) groups excluding carboxylic acids is 1. The molecule has 0 saturated carbocycles. The summed E-state index contributed by atoms with van der Waals surface area (Å²) in [5.41, 5.74) is 1.50. The largest absolute Gasteiger partial charge is 0.423 e. The van der Waals surface area contributed by atoms with Crippen molar-refractivity contribution in [3.63, 3.8) is 0 Å². The lowest BCUT2D eigenvalue weighted by molar-refractivity contribution is -0.126. The number of benzene rings is 1. The Bertz CT molecular complexity index is 831. The molecule has 0 aliphatic carbocycles. The van der Waals surface area contributed by atoms with E-state index in [1.54, 1.807) is 6.07 Å². The van der Waals surface area contributed by atoms with Crippen LogP contribution in [0.15, 0.2) is 22.6 Å². The number of rotatable bonds is 3. The third kappa shape index (κ3) is 2.95. The molecule has 4 heterocycles. The number of piperidine rings is 1. The molecule has 2 bridgehead atoms. The van der Waals surface area contributed by atoms with Crippen molar-refractivity contribution in [1.29, 1.82) is 0 Å². The Morgan fingerprint density at radius 3 is 2.81 bits per heavy atom. The Kier molecular flexibility index (Phi) is 4.05. The number of amides is 1. The van der Waals surface area contributed by atoms with Crippen molar-refractivity contribution in [1.82, 2.24) is 10.3 Å². The van der Waals surface area contributed by atoms with Crippen LogP contribution in [0.2, 0.25) is 5.02 Å². The average Bonchev–Trinajstić information content (AvgIpc) is 3.36. The molecule has 1 aromatic heterocycles. The highest BCUT2D eigenvalue weighted by Crippen LogP contribution is 2.35. The average molecular weight is 376 g/mol. The van der Waals surface area contributed by atoms with E-state index in [2.05, 4.69) is 15.2 Å². The van der Waals surface area contributed by atoms with Gasteiger partial charge in [0, 0.05) is 30.1 Å². The quantitative estimate of drug-likeness (QED) is 0.892. The van der Waals surface area contributed by atoms with Gasteiger partial charge in [0.1, 0.15) is 5.52 Å². The number of nitrogens with zero attached hydrogens (tertiary/aromatic N) is 2. The highest BCUT2D eigenvalue weighted by Gasteiger charge is 2.42. The number of anilines is 1. The summed E-state index contributed by atoms with van der Waals surface area (Å²) in [6.45, 7) is 1.54. The maximum Gasteiger partial charge on any atom is 0.298 e. The zero-order valence-corrected chi connectivity index (χ0v) is 15.2. The lowest BCUT2D eigenvalue weighted by Gasteiger charge is -2.31. The first-order valence-corrected chi connectivity index (χ1v) is 9.80. The zero-order valence-electron chi connectivity index (χ0n) is 14.5. The van der Waals surface area contributed by atoms with Gasteiger partial charge in [0.2, 0.25) is 5.91 Å². The number of hydrogen-bond donors (Lipinski definition) is 1. The third-order valence-electron chi connectivity index (χ3n) is 5.91. The molecule has 6 nitrogen and oxygen atoms in total. The second-order valence-electron chi connectivity index (χ2n) is 7.59. The maximum absolute atomic E-state index is 12.6. The van der Waals surface area contributed by atoms with Crippen LogP contribution in [0.4, 0.5) is 6.01 Å². The fraction of sp³-hybridized carbons (Fsp3) is 0.579. The highest BCUT2D eigenvalue weighted by molar-refractivity contribution is 6.31. The van der Waals surface area contributed by atoms with Gasteiger partial charge < -0.3 is 19.4 Å². The second-order valence-corrected chi connectivity index (χ2v) is 8.03. The number of nitrogens with one attached hydrogen (secondary N) is 1. The normalized spacial score (nSPS) is 28.8. The monoisotopic (exact) mass is 375 g/mol. The molecule has 2 aromatic rings. The van der Waals surface area contributed by atoms with Gasteiger partial charge >= 0.3 is 0 Å². The van der Waals surface area contributed by atoms with Gasteiger partial charge in [-0.05, 0) is 44.2 Å². The molecule has 0 unspecified atom stereocenters. The molecule has 5 rings (SSSR count). The van der Waals surface area contributed by atoms with E-state index in [9.17, 15) is 4.79 Å². The van der Waals surface area contributed by atoms with Crippen molar-refractivity contribution >= 4 is 34.6 Å². The molecular formula is C19H22ClN3O3. The van der Waals surface area contributed by atoms with Crippen LogP contribution in [0.5, 0.6) is 0 Å². The van der Waals surface area contributed by atoms with E-state index in [1.807, 2.05) is 12.1 Å². The van der Waals surface area contributed by atoms with Crippen LogP contribution in [-0.4, -0.2) is 42.2 Å². The number of aromatic nitrogens is 1. The lowest BCUT2D eigenvalue weighted by atomic mass is 9.92. The van der Waals surface area contributed by atoms with Crippen molar-refractivity contribution in [2.45, 2.75) is 50.4 Å². The SMILES string of the molecule is O=C(N[C@@H]1C[C@@H]2CC[C@H]1O2)C1CCN(c2nc3ccc(Cl)cc3o2)CC1. The number of halogens is 1. The van der Waals surface area contributed by atoms with Crippen LogP contribution in [0.25, 0.3) is 11.1 Å². The summed E-state index contributed by atoms with van der Waals surface area (Å²) in [6, 6.07) is 6.28. The van der Waals surface area contributed by atoms with Gasteiger partial charge in [0.15, 0.2) is 5.58 Å². The molecule has 26 heavy (non-hydrogen) atoms. The van der Waals surface area contributed by atoms with Crippen molar-refractivity contribution in [3.8, 4) is 0 Å². The maximum atomic E-state index is 12.6. The number of oxazole rings is 1. The fourth-order valence-corrected chi connectivity index (χ4v) is 4.61. The van der Waals surface area contributed by atoms with E-state index in [4.69, 9.17) is 20.8 Å². The fourth-order valence-electron chi connectivity index (χ4n) is 4.44. The van der Waals surface area contributed by atoms with Gasteiger partial charge in [-0.2, -0.15) is 4.98 Å². The van der Waals surface area contributed by atoms with E-state index >= 15 is 0 Å². The van der Waals surface area contributed by atoms with Gasteiger partial charge in [-0.3, -0.25) is 4.79 Å². The second kappa shape index (κ2) is 6.43. The van der Waals surface area contributed by atoms with Crippen LogP contribution >= 0.6 is 11.6 Å². The predicted octanol–water partition coefficient (Wildman–Crippen LogP) is 3.13. The summed E-state index contributed by atoms with van der Waals surface area (Å²) in [4.78, 5) is 19.3. The van der Waals surface area contributed by atoms with Gasteiger partial charge in [-0.15, -0.1) is 0 Å². The standard InChI is InChI=1S/C19H22ClN3O3/c20-12-1-3-14-17(9-12)26-19(22-14)23-7-5-11(6-8-23)18(24)21-15-10-13-2-4-16(15)25-13/h1,3,9,11,13,15-16H,2,4-8,10H2,(H,21,24)/t13-,15+,16+/m0/s1. The highest BCUT2D eigenvalue weighted by atomic mass is 35.5. The minimum Gasteiger partial charge on any atom is -0.423 e. The first-order chi connectivity index (χ1) is 12.7. The first kappa shape index (κ1) is 16.4. The summed E-state index contributed by atoms with van der Waals surface area (Å²) in [6.07, 6.45) is 5.41. The van der Waals surface area contributed by atoms with E-state index < -0.39 is 0 Å². The predicted molar refractivity (Wildman–Crippen MR) is 98.4 cm³/mol. The number of fused-ring (bicyclic) bond motifs is 3. The van der Waals surface area contributed by atoms with Crippen LogP contribution < -0.4 is 10.2 Å². The molecule has 3 aliphatic heterocycles. The van der Waals surface area contributed by atoms with Crippen molar-refractivity contribution in [2.24, 2.45) is 5.92 Å². The first-order valence-electron chi connectivity index (χ1n) is 9.42. The molecular weight excluding hydrogens is 354 g/mol. The van der Waals surface area contributed by atoms with E-state index in [0.717, 1.165) is 50.7 Å². The van der Waals surface area contributed by atoms with E-state index in [-0.39, 0.29) is 24.0 Å². The van der Waals surface area contributed by atoms with Gasteiger partial charge in [-0.1, -0.05) is 11.6 Å². The summed E-state index contributed by atoms with van der Waals surface area (Å²) in [7, 11) is 0. The third-order valence-corrected chi connectivity index (χ3v) is 6.14. The Hall–Kier alpha value is -1.79. The molecule has 3 saturated heterocycles. The summed E-state index contributed by atoms with van der Waals surface area (Å²) >= 11 is 6.01. The Labute approximate surface area is 156 Å². The minimum atomic E-state index is 0.0594. The van der Waals surface area contributed by atoms with Crippen LogP contribution in [0, 0.1) is 5.92 Å². The topological polar surface area (TPSA) is 67.6 Å². The van der Waals surface area contributed by atoms with Crippen molar-refractivity contribution in [3.05, 3.63) is 23.2 Å². The van der Waals surface area contributed by atoms with Gasteiger partial charge in [-0.25, -0.2) is 0 Å². The van der Waals surface area contributed by atoms with Crippen molar-refractivity contribution in [2.75, 3.05) is 18.0 Å². The smallest absolute Gasteiger partial charge is 0.298 e. The summed E-state index contributed by atoms with van der Waals surface area (Å²) < 4.78 is 11.7.